The Balaban J connectivity index is 2.42. The highest BCUT2D eigenvalue weighted by molar-refractivity contribution is 7.87. The maximum Gasteiger partial charge on any atom is 0.409 e. The summed E-state index contributed by atoms with van der Waals surface area (Å²) >= 11 is 0. The molecule has 0 bridgehead atoms. The first-order valence-corrected chi connectivity index (χ1v) is 8.11. The molecule has 8 heteroatoms. The van der Waals surface area contributed by atoms with Gasteiger partial charge in [-0.15, -0.1) is 0 Å². The summed E-state index contributed by atoms with van der Waals surface area (Å²) in [6, 6.07) is 0. The number of rotatable bonds is 6. The second-order valence-corrected chi connectivity index (χ2v) is 6.09. The Morgan fingerprint density at radius 1 is 1.21 bits per heavy atom. The fourth-order valence-corrected chi connectivity index (χ4v) is 3.02. The first-order valence-electron chi connectivity index (χ1n) is 6.67. The van der Waals surface area contributed by atoms with E-state index in [1.165, 1.54) is 9.21 Å². The van der Waals surface area contributed by atoms with Crippen molar-refractivity contribution in [3.8, 4) is 0 Å². The number of nitrogens with zero attached hydrogens (tertiary/aromatic N) is 2. The van der Waals surface area contributed by atoms with Crippen molar-refractivity contribution in [1.82, 2.24) is 13.9 Å². The molecule has 1 heterocycles. The van der Waals surface area contributed by atoms with E-state index in [0.29, 0.717) is 39.3 Å². The molecule has 0 radical (unpaired) electrons. The van der Waals surface area contributed by atoms with Gasteiger partial charge in [-0.05, 0) is 13.3 Å². The van der Waals surface area contributed by atoms with Gasteiger partial charge in [0.25, 0.3) is 10.2 Å². The van der Waals surface area contributed by atoms with Gasteiger partial charge in [-0.1, -0.05) is 13.3 Å². The van der Waals surface area contributed by atoms with Crippen LogP contribution in [0.15, 0.2) is 0 Å². The fourth-order valence-electron chi connectivity index (χ4n) is 1.80. The van der Waals surface area contributed by atoms with Crippen LogP contribution in [0.25, 0.3) is 0 Å². The molecule has 1 fully saturated rings. The molecule has 0 aliphatic carbocycles. The maximum atomic E-state index is 11.9. The van der Waals surface area contributed by atoms with E-state index in [9.17, 15) is 13.2 Å². The molecule has 0 aromatic heterocycles. The molecule has 0 unspecified atom stereocenters. The quantitative estimate of drug-likeness (QED) is 0.719. The minimum atomic E-state index is -3.41. The van der Waals surface area contributed by atoms with E-state index in [1.807, 2.05) is 6.92 Å². The predicted molar refractivity (Wildman–Crippen MR) is 72.0 cm³/mol. The number of ether oxygens (including phenoxy) is 1. The summed E-state index contributed by atoms with van der Waals surface area (Å²) in [5.41, 5.74) is 0. The highest BCUT2D eigenvalue weighted by Gasteiger charge is 2.28. The Kier molecular flexibility index (Phi) is 6.53. The normalized spacial score (nSPS) is 17.5. The summed E-state index contributed by atoms with van der Waals surface area (Å²) in [6.07, 6.45) is 1.39. The molecule has 1 amide bonds. The summed E-state index contributed by atoms with van der Waals surface area (Å²) in [4.78, 5) is 13.0. The van der Waals surface area contributed by atoms with Crippen LogP contribution in [0.1, 0.15) is 26.7 Å². The van der Waals surface area contributed by atoms with Crippen LogP contribution in [0.5, 0.6) is 0 Å². The zero-order valence-electron chi connectivity index (χ0n) is 11.6. The molecule has 1 saturated heterocycles. The van der Waals surface area contributed by atoms with E-state index in [0.717, 1.165) is 12.8 Å². The molecule has 7 nitrogen and oxygen atoms in total. The standard InChI is InChI=1S/C11H23N3O4S/c1-3-5-6-12-19(16,17)14-9-7-13(8-10-14)11(15)18-4-2/h12H,3-10H2,1-2H3. The van der Waals surface area contributed by atoms with Gasteiger partial charge in [0, 0.05) is 32.7 Å². The van der Waals surface area contributed by atoms with Gasteiger partial charge in [-0.2, -0.15) is 12.7 Å². The van der Waals surface area contributed by atoms with Crippen LogP contribution in [0, 0.1) is 0 Å². The zero-order valence-corrected chi connectivity index (χ0v) is 12.4. The summed E-state index contributed by atoms with van der Waals surface area (Å²) in [5, 5.41) is 0. The van der Waals surface area contributed by atoms with E-state index in [1.54, 1.807) is 6.92 Å². The Morgan fingerprint density at radius 2 is 1.84 bits per heavy atom. The van der Waals surface area contributed by atoms with Crippen molar-refractivity contribution < 1.29 is 17.9 Å². The number of carbonyl (C=O) groups is 1. The van der Waals surface area contributed by atoms with Crippen molar-refractivity contribution in [1.29, 1.82) is 0 Å². The van der Waals surface area contributed by atoms with Gasteiger partial charge in [0.15, 0.2) is 0 Å². The highest BCUT2D eigenvalue weighted by Crippen LogP contribution is 2.07. The van der Waals surface area contributed by atoms with Gasteiger partial charge >= 0.3 is 6.09 Å². The topological polar surface area (TPSA) is 79.0 Å². The van der Waals surface area contributed by atoms with Crippen LogP contribution in [0.2, 0.25) is 0 Å². The molecule has 0 atom stereocenters. The number of unbranched alkanes of at least 4 members (excludes halogenated alkanes) is 1. The number of amides is 1. The minimum absolute atomic E-state index is 0.306. The lowest BCUT2D eigenvalue weighted by molar-refractivity contribution is 0.0932. The van der Waals surface area contributed by atoms with Crippen LogP contribution < -0.4 is 4.72 Å². The molecule has 1 rings (SSSR count). The summed E-state index contributed by atoms with van der Waals surface area (Å²) in [5.74, 6) is 0. The van der Waals surface area contributed by atoms with Crippen LogP contribution in [0.3, 0.4) is 0 Å². The fraction of sp³-hybridized carbons (Fsp3) is 0.909. The molecule has 112 valence electrons. The number of piperazine rings is 1. The third-order valence-corrected chi connectivity index (χ3v) is 4.53. The summed E-state index contributed by atoms with van der Waals surface area (Å²) in [7, 11) is -3.41. The Hall–Kier alpha value is -0.860. The van der Waals surface area contributed by atoms with E-state index in [-0.39, 0.29) is 6.09 Å². The van der Waals surface area contributed by atoms with Crippen molar-refractivity contribution in [2.45, 2.75) is 26.7 Å². The predicted octanol–water partition coefficient (Wildman–Crippen LogP) is 0.395. The van der Waals surface area contributed by atoms with Crippen LogP contribution in [-0.2, 0) is 14.9 Å². The second kappa shape index (κ2) is 7.66. The van der Waals surface area contributed by atoms with Crippen molar-refractivity contribution in [2.24, 2.45) is 0 Å². The first kappa shape index (κ1) is 16.2. The van der Waals surface area contributed by atoms with Crippen LogP contribution >= 0.6 is 0 Å². The Labute approximate surface area is 115 Å². The number of hydrogen-bond acceptors (Lipinski definition) is 4. The van der Waals surface area contributed by atoms with Gasteiger partial charge in [-0.25, -0.2) is 9.52 Å². The molecule has 0 aromatic carbocycles. The monoisotopic (exact) mass is 293 g/mol. The molecule has 1 aliphatic heterocycles. The first-order chi connectivity index (χ1) is 9.01. The lowest BCUT2D eigenvalue weighted by Crippen LogP contribution is -2.53. The maximum absolute atomic E-state index is 11.9. The van der Waals surface area contributed by atoms with Gasteiger partial charge in [0.1, 0.15) is 0 Å². The molecule has 0 aromatic rings. The van der Waals surface area contributed by atoms with Crippen molar-refractivity contribution in [3.05, 3.63) is 0 Å². The van der Waals surface area contributed by atoms with Crippen LogP contribution in [-0.4, -0.2) is 63.0 Å². The largest absolute Gasteiger partial charge is 0.450 e. The molecule has 1 aliphatic rings. The highest BCUT2D eigenvalue weighted by atomic mass is 32.2. The second-order valence-electron chi connectivity index (χ2n) is 4.34. The zero-order chi connectivity index (χ0) is 14.3. The lowest BCUT2D eigenvalue weighted by atomic mass is 10.3. The van der Waals surface area contributed by atoms with Crippen LogP contribution in [0.4, 0.5) is 4.79 Å². The molecule has 1 N–H and O–H groups in total. The molecule has 19 heavy (non-hydrogen) atoms. The third kappa shape index (κ3) is 4.96. The minimum Gasteiger partial charge on any atom is -0.450 e. The van der Waals surface area contributed by atoms with Gasteiger partial charge in [0.05, 0.1) is 6.61 Å². The van der Waals surface area contributed by atoms with Crippen molar-refractivity contribution in [2.75, 3.05) is 39.3 Å². The number of nitrogens with one attached hydrogen (secondary N) is 1. The Bertz CT molecular complexity index is 377. The summed E-state index contributed by atoms with van der Waals surface area (Å²) < 4.78 is 32.7. The molecule has 0 saturated carbocycles. The number of carbonyl (C=O) groups excluding carboxylic acids is 1. The van der Waals surface area contributed by atoms with E-state index < -0.39 is 10.2 Å². The summed E-state index contributed by atoms with van der Waals surface area (Å²) in [6.45, 7) is 5.89. The molecule has 0 spiro atoms. The third-order valence-electron chi connectivity index (χ3n) is 2.92. The van der Waals surface area contributed by atoms with E-state index >= 15 is 0 Å². The van der Waals surface area contributed by atoms with Gasteiger partial charge in [-0.3, -0.25) is 0 Å². The van der Waals surface area contributed by atoms with Gasteiger partial charge in [0.2, 0.25) is 0 Å². The van der Waals surface area contributed by atoms with E-state index in [4.69, 9.17) is 4.74 Å². The van der Waals surface area contributed by atoms with E-state index in [2.05, 4.69) is 4.72 Å². The lowest BCUT2D eigenvalue weighted by Gasteiger charge is -2.33. The average molecular weight is 293 g/mol. The van der Waals surface area contributed by atoms with Crippen molar-refractivity contribution in [3.63, 3.8) is 0 Å². The smallest absolute Gasteiger partial charge is 0.409 e. The average Bonchev–Trinajstić information content (AvgIpc) is 2.39. The molecular formula is C11H23N3O4S. The SMILES string of the molecule is CCCCNS(=O)(=O)N1CCN(C(=O)OCC)CC1. The number of hydrogen-bond donors (Lipinski definition) is 1. The van der Waals surface area contributed by atoms with Gasteiger partial charge < -0.3 is 9.64 Å². The molecular weight excluding hydrogens is 270 g/mol. The van der Waals surface area contributed by atoms with Crippen molar-refractivity contribution >= 4 is 16.3 Å². The Morgan fingerprint density at radius 3 is 2.37 bits per heavy atom.